The van der Waals surface area contributed by atoms with Gasteiger partial charge in [0.2, 0.25) is 0 Å². The Morgan fingerprint density at radius 3 is 2.25 bits per heavy atom. The van der Waals surface area contributed by atoms with E-state index in [0.29, 0.717) is 5.41 Å². The van der Waals surface area contributed by atoms with Gasteiger partial charge in [0, 0.05) is 11.5 Å². The lowest BCUT2D eigenvalue weighted by atomic mass is 9.52. The number of nitrogens with zero attached hydrogens (tertiary/aromatic N) is 1. The highest BCUT2D eigenvalue weighted by Gasteiger charge is 2.53. The second-order valence-corrected chi connectivity index (χ2v) is 9.22. The summed E-state index contributed by atoms with van der Waals surface area (Å²) in [6.07, 6.45) is 8.22. The molecule has 0 unspecified atom stereocenters. The van der Waals surface area contributed by atoms with Crippen molar-refractivity contribution in [3.8, 4) is 5.75 Å². The zero-order valence-corrected chi connectivity index (χ0v) is 18.7. The molecule has 1 saturated heterocycles. The van der Waals surface area contributed by atoms with Gasteiger partial charge in [0.25, 0.3) is 0 Å². The second kappa shape index (κ2) is 8.94. The number of likely N-dealkylation sites (tertiary alicyclic amines) is 1. The van der Waals surface area contributed by atoms with Gasteiger partial charge in [-0.05, 0) is 92.7 Å². The summed E-state index contributed by atoms with van der Waals surface area (Å²) in [6.45, 7) is 1.26. The van der Waals surface area contributed by atoms with Crippen molar-refractivity contribution in [3.63, 3.8) is 0 Å². The number of carboxylic acid groups (broad SMARTS) is 2. The van der Waals surface area contributed by atoms with Gasteiger partial charge in [-0.2, -0.15) is 0 Å². The minimum atomic E-state index is -1.06. The topological polar surface area (TPSA) is 87.1 Å². The predicted octanol–water partition coefficient (Wildman–Crippen LogP) is 4.47. The van der Waals surface area contributed by atoms with Crippen LogP contribution in [0.3, 0.4) is 0 Å². The van der Waals surface area contributed by atoms with E-state index in [-0.39, 0.29) is 11.1 Å². The number of carboxylic acids is 2. The van der Waals surface area contributed by atoms with Gasteiger partial charge in [-0.25, -0.2) is 9.59 Å². The Kier molecular flexibility index (Phi) is 6.24. The summed E-state index contributed by atoms with van der Waals surface area (Å²) in [7, 11) is 4.12. The fraction of sp³-hybridized carbons (Fsp3) is 0.462. The third-order valence-corrected chi connectivity index (χ3v) is 7.70. The number of carbonyl (C=O) groups is 2. The Morgan fingerprint density at radius 1 is 1.00 bits per heavy atom. The van der Waals surface area contributed by atoms with E-state index in [1.165, 1.54) is 69.3 Å². The number of methoxy groups -OCH3 is 1. The van der Waals surface area contributed by atoms with Crippen LogP contribution >= 0.6 is 0 Å². The number of ether oxygens (including phenoxy) is 1. The second-order valence-electron chi connectivity index (χ2n) is 9.22. The van der Waals surface area contributed by atoms with E-state index in [2.05, 4.69) is 30.1 Å². The van der Waals surface area contributed by atoms with Crippen molar-refractivity contribution >= 4 is 11.9 Å². The summed E-state index contributed by atoms with van der Waals surface area (Å²) in [5.74, 6) is -0.215. The number of likely N-dealkylation sites (N-methyl/N-ethyl adjacent to an activating group) is 1. The summed E-state index contributed by atoms with van der Waals surface area (Å²) in [5, 5.41) is 16.9. The molecule has 3 aliphatic rings. The first-order chi connectivity index (χ1) is 15.4. The summed E-state index contributed by atoms with van der Waals surface area (Å²) in [4.78, 5) is 23.3. The smallest absolute Gasteiger partial charge is 0.335 e. The summed E-state index contributed by atoms with van der Waals surface area (Å²) < 4.78 is 5.51. The number of hydrogen-bond acceptors (Lipinski definition) is 4. The molecule has 5 rings (SSSR count). The normalized spacial score (nSPS) is 26.1. The molecule has 2 aromatic rings. The number of aromatic carboxylic acids is 2. The Morgan fingerprint density at radius 2 is 1.66 bits per heavy atom. The van der Waals surface area contributed by atoms with Crippen molar-refractivity contribution in [3.05, 3.63) is 64.7 Å². The van der Waals surface area contributed by atoms with Crippen molar-refractivity contribution in [2.24, 2.45) is 5.92 Å². The van der Waals surface area contributed by atoms with Gasteiger partial charge in [-0.3, -0.25) is 0 Å². The number of hydrogen-bond donors (Lipinski definition) is 2. The molecule has 3 atom stereocenters. The molecule has 170 valence electrons. The highest BCUT2D eigenvalue weighted by atomic mass is 16.5. The third-order valence-electron chi connectivity index (χ3n) is 7.70. The molecule has 0 aromatic heterocycles. The quantitative estimate of drug-likeness (QED) is 0.737. The monoisotopic (exact) mass is 437 g/mol. The minimum Gasteiger partial charge on any atom is -0.497 e. The molecule has 1 heterocycles. The number of rotatable bonds is 3. The largest absolute Gasteiger partial charge is 0.497 e. The fourth-order valence-electron chi connectivity index (χ4n) is 6.06. The van der Waals surface area contributed by atoms with E-state index < -0.39 is 11.9 Å². The van der Waals surface area contributed by atoms with Crippen LogP contribution in [0.15, 0.2) is 42.5 Å². The van der Waals surface area contributed by atoms with Crippen LogP contribution in [0.4, 0.5) is 0 Å². The molecule has 0 amide bonds. The van der Waals surface area contributed by atoms with E-state index in [9.17, 15) is 9.59 Å². The zero-order chi connectivity index (χ0) is 22.9. The summed E-state index contributed by atoms with van der Waals surface area (Å²) in [5.41, 5.74) is 3.84. The lowest BCUT2D eigenvalue weighted by Gasteiger charge is -2.58. The van der Waals surface area contributed by atoms with Crippen molar-refractivity contribution in [1.29, 1.82) is 0 Å². The van der Waals surface area contributed by atoms with Crippen molar-refractivity contribution in [1.82, 2.24) is 4.90 Å². The highest BCUT2D eigenvalue weighted by molar-refractivity contribution is 5.91. The first kappa shape index (κ1) is 22.3. The average molecular weight is 438 g/mol. The van der Waals surface area contributed by atoms with E-state index in [1.54, 1.807) is 18.2 Å². The molecule has 2 N–H and O–H groups in total. The lowest BCUT2D eigenvalue weighted by molar-refractivity contribution is 0.00274. The van der Waals surface area contributed by atoms with Gasteiger partial charge >= 0.3 is 11.9 Å². The molecular formula is C26H31NO5. The van der Waals surface area contributed by atoms with Crippen molar-refractivity contribution in [2.75, 3.05) is 20.7 Å². The first-order valence-electron chi connectivity index (χ1n) is 11.3. The highest BCUT2D eigenvalue weighted by Crippen LogP contribution is 2.55. The van der Waals surface area contributed by atoms with Crippen LogP contribution in [-0.4, -0.2) is 53.8 Å². The number of fused-ring (bicyclic) bond motifs is 1. The molecule has 1 aliphatic heterocycles. The predicted molar refractivity (Wildman–Crippen MR) is 122 cm³/mol. The Balaban J connectivity index is 0.000000176. The van der Waals surface area contributed by atoms with E-state index in [1.807, 2.05) is 0 Å². The molecule has 1 saturated carbocycles. The standard InChI is InChI=1S/C18H25NO.C8H6O4/c1-19-10-9-18-8-4-3-5-15(18)17(19)11-13-6-7-14(20-2)12-16(13)18;9-7(10)5-1-2-6(4-3-5)8(11)12/h6-7,12,15,17H,3-5,8-11H2,1-2H3;1-4H,(H,9,10)(H,11,12)/t15-,17+,18+;/m1./s1. The molecule has 6 heteroatoms. The molecule has 6 nitrogen and oxygen atoms in total. The first-order valence-corrected chi connectivity index (χ1v) is 11.3. The van der Waals surface area contributed by atoms with Gasteiger partial charge in [0.05, 0.1) is 18.2 Å². The van der Waals surface area contributed by atoms with Crippen LogP contribution in [0.1, 0.15) is 63.9 Å². The summed E-state index contributed by atoms with van der Waals surface area (Å²) in [6, 6.07) is 12.6. The molecule has 2 aliphatic carbocycles. The van der Waals surface area contributed by atoms with Crippen LogP contribution in [0, 0.1) is 5.92 Å². The van der Waals surface area contributed by atoms with Crippen molar-refractivity contribution in [2.45, 2.75) is 50.0 Å². The van der Waals surface area contributed by atoms with Crippen molar-refractivity contribution < 1.29 is 24.5 Å². The van der Waals surface area contributed by atoms with E-state index in [4.69, 9.17) is 14.9 Å². The Labute approximate surface area is 188 Å². The zero-order valence-electron chi connectivity index (χ0n) is 18.7. The van der Waals surface area contributed by atoms with Gasteiger partial charge in [-0.1, -0.05) is 18.9 Å². The molecule has 2 aromatic carbocycles. The average Bonchev–Trinajstić information content (AvgIpc) is 2.81. The maximum Gasteiger partial charge on any atom is 0.335 e. The SMILES string of the molecule is COc1ccc2c(c1)[C@]13CCCC[C@@H]1[C@H](C2)N(C)CC3.O=C(O)c1ccc(C(=O)O)cc1. The lowest BCUT2D eigenvalue weighted by Crippen LogP contribution is -2.59. The molecule has 0 radical (unpaired) electrons. The maximum atomic E-state index is 10.3. The van der Waals surface area contributed by atoms with Gasteiger partial charge in [0.15, 0.2) is 0 Å². The van der Waals surface area contributed by atoms with Gasteiger partial charge in [0.1, 0.15) is 5.75 Å². The van der Waals surface area contributed by atoms with Crippen LogP contribution in [0.25, 0.3) is 0 Å². The fourth-order valence-corrected chi connectivity index (χ4v) is 6.06. The minimum absolute atomic E-state index is 0.0833. The van der Waals surface area contributed by atoms with E-state index >= 15 is 0 Å². The van der Waals surface area contributed by atoms with E-state index in [0.717, 1.165) is 17.7 Å². The maximum absolute atomic E-state index is 10.3. The molecular weight excluding hydrogens is 406 g/mol. The Hall–Kier alpha value is -2.86. The summed E-state index contributed by atoms with van der Waals surface area (Å²) >= 11 is 0. The number of benzene rings is 2. The third kappa shape index (κ3) is 3.99. The van der Waals surface area contributed by atoms with Crippen LogP contribution in [0.2, 0.25) is 0 Å². The number of piperidine rings is 1. The molecule has 0 spiro atoms. The van der Waals surface area contributed by atoms with Gasteiger partial charge < -0.3 is 19.8 Å². The van der Waals surface area contributed by atoms with Crippen LogP contribution in [-0.2, 0) is 11.8 Å². The Bertz CT molecular complexity index is 969. The molecule has 32 heavy (non-hydrogen) atoms. The molecule has 2 bridgehead atoms. The molecule has 2 fully saturated rings. The van der Waals surface area contributed by atoms with Crippen LogP contribution in [0.5, 0.6) is 5.75 Å². The van der Waals surface area contributed by atoms with Gasteiger partial charge in [-0.15, -0.1) is 0 Å². The van der Waals surface area contributed by atoms with Crippen LogP contribution < -0.4 is 4.74 Å².